The van der Waals surface area contributed by atoms with E-state index in [4.69, 9.17) is 0 Å². The Labute approximate surface area is 117 Å². The Kier molecular flexibility index (Phi) is 4.27. The van der Waals surface area contributed by atoms with Gasteiger partial charge in [0, 0.05) is 11.0 Å². The molecule has 1 amide bonds. The van der Waals surface area contributed by atoms with Gasteiger partial charge in [0.15, 0.2) is 11.6 Å². The lowest BCUT2D eigenvalue weighted by atomic mass is 10.1. The van der Waals surface area contributed by atoms with Crippen LogP contribution in [0.2, 0.25) is 0 Å². The number of rotatable bonds is 3. The fourth-order valence-electron chi connectivity index (χ4n) is 1.55. The summed E-state index contributed by atoms with van der Waals surface area (Å²) in [6, 6.07) is 10.6. The summed E-state index contributed by atoms with van der Waals surface area (Å²) in [5, 5.41) is 3.22. The lowest BCUT2D eigenvalue weighted by Gasteiger charge is -2.07. The van der Waals surface area contributed by atoms with E-state index in [-0.39, 0.29) is 5.56 Å². The Balaban J connectivity index is 2.18. The summed E-state index contributed by atoms with van der Waals surface area (Å²) in [5.41, 5.74) is 1.26. The lowest BCUT2D eigenvalue weighted by molar-refractivity contribution is 0.102. The molecule has 0 unspecified atom stereocenters. The van der Waals surface area contributed by atoms with Gasteiger partial charge >= 0.3 is 0 Å². The monoisotopic (exact) mass is 325 g/mol. The molecule has 2 aromatic carbocycles. The third-order valence-electron chi connectivity index (χ3n) is 2.56. The molecule has 0 atom stereocenters. The molecule has 0 spiro atoms. The molecule has 5 heteroatoms. The van der Waals surface area contributed by atoms with Crippen molar-refractivity contribution in [3.63, 3.8) is 0 Å². The molecule has 0 aliphatic rings. The number of carbonyl (C=O) groups is 1. The van der Waals surface area contributed by atoms with E-state index in [0.717, 1.165) is 11.6 Å². The quantitative estimate of drug-likeness (QED) is 0.845. The molecule has 98 valence electrons. The molecule has 2 aromatic rings. The Morgan fingerprint density at radius 3 is 2.42 bits per heavy atom. The van der Waals surface area contributed by atoms with Gasteiger partial charge in [-0.25, -0.2) is 8.78 Å². The third-order valence-corrected chi connectivity index (χ3v) is 3.21. The van der Waals surface area contributed by atoms with Crippen LogP contribution in [0.4, 0.5) is 14.5 Å². The molecule has 0 radical (unpaired) electrons. The number of amides is 1. The largest absolute Gasteiger partial charge is 0.322 e. The molecule has 0 saturated carbocycles. The number of hydrogen-bond acceptors (Lipinski definition) is 1. The van der Waals surface area contributed by atoms with E-state index in [1.165, 1.54) is 12.1 Å². The number of carbonyl (C=O) groups excluding carboxylic acids is 1. The Hall–Kier alpha value is -1.75. The van der Waals surface area contributed by atoms with Crippen LogP contribution in [0.1, 0.15) is 15.9 Å². The van der Waals surface area contributed by atoms with Gasteiger partial charge in [-0.15, -0.1) is 0 Å². The van der Waals surface area contributed by atoms with Gasteiger partial charge in [0.2, 0.25) is 0 Å². The predicted octanol–water partition coefficient (Wildman–Crippen LogP) is 4.11. The molecule has 19 heavy (non-hydrogen) atoms. The molecule has 0 aromatic heterocycles. The summed E-state index contributed by atoms with van der Waals surface area (Å²) < 4.78 is 26.4. The van der Waals surface area contributed by atoms with Crippen molar-refractivity contribution in [3.05, 3.63) is 65.2 Å². The highest BCUT2D eigenvalue weighted by atomic mass is 79.9. The molecule has 0 aliphatic carbocycles. The maximum atomic E-state index is 13.4. The second-order valence-corrected chi connectivity index (χ2v) is 4.45. The van der Waals surface area contributed by atoms with Crippen LogP contribution in [0.5, 0.6) is 0 Å². The summed E-state index contributed by atoms with van der Waals surface area (Å²) in [4.78, 5) is 11.8. The molecule has 0 aliphatic heterocycles. The maximum absolute atomic E-state index is 13.4. The number of halogens is 3. The summed E-state index contributed by atoms with van der Waals surface area (Å²) in [6.45, 7) is 0. The lowest BCUT2D eigenvalue weighted by Crippen LogP contribution is -2.14. The van der Waals surface area contributed by atoms with Crippen LogP contribution in [0.25, 0.3) is 0 Å². The second-order valence-electron chi connectivity index (χ2n) is 3.89. The predicted molar refractivity (Wildman–Crippen MR) is 73.4 cm³/mol. The van der Waals surface area contributed by atoms with Crippen LogP contribution in [0.3, 0.4) is 0 Å². The van der Waals surface area contributed by atoms with Gasteiger partial charge in [-0.3, -0.25) is 4.79 Å². The highest BCUT2D eigenvalue weighted by molar-refractivity contribution is 9.08. The first kappa shape index (κ1) is 13.7. The SMILES string of the molecule is O=C(Nc1ccc(CBr)cc1)c1cccc(F)c1F. The van der Waals surface area contributed by atoms with Crippen molar-refractivity contribution in [1.29, 1.82) is 0 Å². The molecule has 0 fully saturated rings. The normalized spacial score (nSPS) is 10.3. The molecular formula is C14H10BrF2NO. The standard InChI is InChI=1S/C14H10BrF2NO/c15-8-9-4-6-10(7-5-9)18-14(19)11-2-1-3-12(16)13(11)17/h1-7H,8H2,(H,18,19). The summed E-state index contributed by atoms with van der Waals surface area (Å²) in [6.07, 6.45) is 0. The van der Waals surface area contributed by atoms with Gasteiger partial charge in [-0.05, 0) is 29.8 Å². The summed E-state index contributed by atoms with van der Waals surface area (Å²) in [7, 11) is 0. The minimum Gasteiger partial charge on any atom is -0.322 e. The van der Waals surface area contributed by atoms with Crippen molar-refractivity contribution in [2.45, 2.75) is 5.33 Å². The van der Waals surface area contributed by atoms with E-state index in [1.807, 2.05) is 12.1 Å². The molecule has 0 bridgehead atoms. The number of anilines is 1. The first-order valence-corrected chi connectivity index (χ1v) is 6.64. The number of nitrogens with one attached hydrogen (secondary N) is 1. The third kappa shape index (κ3) is 3.17. The van der Waals surface area contributed by atoms with Crippen LogP contribution in [0.15, 0.2) is 42.5 Å². The summed E-state index contributed by atoms with van der Waals surface area (Å²) in [5.74, 6) is -2.86. The van der Waals surface area contributed by atoms with Crippen molar-refractivity contribution in [1.82, 2.24) is 0 Å². The fraction of sp³-hybridized carbons (Fsp3) is 0.0714. The average Bonchev–Trinajstić information content (AvgIpc) is 2.42. The minimum absolute atomic E-state index is 0.315. The molecule has 2 nitrogen and oxygen atoms in total. The molecular weight excluding hydrogens is 316 g/mol. The van der Waals surface area contributed by atoms with E-state index < -0.39 is 17.5 Å². The number of benzene rings is 2. The van der Waals surface area contributed by atoms with Gasteiger partial charge < -0.3 is 5.32 Å². The van der Waals surface area contributed by atoms with E-state index in [1.54, 1.807) is 12.1 Å². The van der Waals surface area contributed by atoms with E-state index >= 15 is 0 Å². The van der Waals surface area contributed by atoms with Crippen molar-refractivity contribution >= 4 is 27.5 Å². The van der Waals surface area contributed by atoms with Gasteiger partial charge in [0.05, 0.1) is 5.56 Å². The molecule has 1 N–H and O–H groups in total. The maximum Gasteiger partial charge on any atom is 0.258 e. The Bertz CT molecular complexity index is 599. The number of hydrogen-bond donors (Lipinski definition) is 1. The average molecular weight is 326 g/mol. The van der Waals surface area contributed by atoms with Gasteiger partial charge in [0.1, 0.15) is 0 Å². The summed E-state index contributed by atoms with van der Waals surface area (Å²) >= 11 is 3.31. The Morgan fingerprint density at radius 1 is 1.11 bits per heavy atom. The van der Waals surface area contributed by atoms with Crippen molar-refractivity contribution in [2.24, 2.45) is 0 Å². The smallest absolute Gasteiger partial charge is 0.258 e. The van der Waals surface area contributed by atoms with Gasteiger partial charge in [-0.1, -0.05) is 34.1 Å². The zero-order chi connectivity index (χ0) is 13.8. The van der Waals surface area contributed by atoms with E-state index in [9.17, 15) is 13.6 Å². The van der Waals surface area contributed by atoms with Crippen LogP contribution < -0.4 is 5.32 Å². The fourth-order valence-corrected chi connectivity index (χ4v) is 1.93. The van der Waals surface area contributed by atoms with Crippen LogP contribution in [-0.2, 0) is 5.33 Å². The minimum atomic E-state index is -1.14. The van der Waals surface area contributed by atoms with Gasteiger partial charge in [-0.2, -0.15) is 0 Å². The zero-order valence-corrected chi connectivity index (χ0v) is 11.4. The Morgan fingerprint density at radius 2 is 1.79 bits per heavy atom. The second kappa shape index (κ2) is 5.93. The molecule has 2 rings (SSSR count). The zero-order valence-electron chi connectivity index (χ0n) is 9.79. The highest BCUT2D eigenvalue weighted by Gasteiger charge is 2.14. The van der Waals surface area contributed by atoms with Crippen molar-refractivity contribution < 1.29 is 13.6 Å². The van der Waals surface area contributed by atoms with Crippen molar-refractivity contribution in [2.75, 3.05) is 5.32 Å². The van der Waals surface area contributed by atoms with Crippen LogP contribution in [0, 0.1) is 11.6 Å². The molecule has 0 saturated heterocycles. The van der Waals surface area contributed by atoms with Crippen molar-refractivity contribution in [3.8, 4) is 0 Å². The molecule has 0 heterocycles. The van der Waals surface area contributed by atoms with E-state index in [2.05, 4.69) is 21.2 Å². The number of alkyl halides is 1. The first-order chi connectivity index (χ1) is 9.11. The van der Waals surface area contributed by atoms with Gasteiger partial charge in [0.25, 0.3) is 5.91 Å². The first-order valence-electron chi connectivity index (χ1n) is 5.52. The highest BCUT2D eigenvalue weighted by Crippen LogP contribution is 2.16. The topological polar surface area (TPSA) is 29.1 Å². The van der Waals surface area contributed by atoms with E-state index in [0.29, 0.717) is 11.0 Å². The van der Waals surface area contributed by atoms with Crippen LogP contribution in [-0.4, -0.2) is 5.91 Å². The van der Waals surface area contributed by atoms with Crippen LogP contribution >= 0.6 is 15.9 Å².